The molecule has 1 aromatic heterocycles. The highest BCUT2D eigenvalue weighted by molar-refractivity contribution is 5.90. The minimum atomic E-state index is -0.506. The van der Waals surface area contributed by atoms with Gasteiger partial charge in [0.25, 0.3) is 0 Å². The Kier molecular flexibility index (Phi) is 3.46. The third kappa shape index (κ3) is 2.70. The summed E-state index contributed by atoms with van der Waals surface area (Å²) < 4.78 is 14.6. The average Bonchev–Trinajstić information content (AvgIpc) is 2.63. The first-order chi connectivity index (χ1) is 8.99. The topological polar surface area (TPSA) is 60.9 Å². The molecule has 0 bridgehead atoms. The molecule has 0 spiro atoms. The van der Waals surface area contributed by atoms with E-state index in [1.807, 2.05) is 13.8 Å². The summed E-state index contributed by atoms with van der Waals surface area (Å²) in [5.74, 6) is -0.799. The van der Waals surface area contributed by atoms with Gasteiger partial charge in [-0.05, 0) is 44.2 Å². The zero-order chi connectivity index (χ0) is 14.0. The molecule has 1 heterocycles. The number of amides is 1. The van der Waals surface area contributed by atoms with Crippen LogP contribution < -0.4 is 5.73 Å². The first kappa shape index (κ1) is 13.0. The summed E-state index contributed by atoms with van der Waals surface area (Å²) in [6.07, 6.45) is 2.94. The summed E-state index contributed by atoms with van der Waals surface area (Å²) in [5.41, 5.74) is 8.32. The number of carbonyl (C=O) groups excluding carboxylic acids is 1. The average molecular weight is 259 g/mol. The maximum atomic E-state index is 12.9. The van der Waals surface area contributed by atoms with Gasteiger partial charge in [-0.1, -0.05) is 0 Å². The van der Waals surface area contributed by atoms with Crippen molar-refractivity contribution in [3.05, 3.63) is 53.1 Å². The highest BCUT2D eigenvalue weighted by Crippen LogP contribution is 2.19. The second kappa shape index (κ2) is 5.06. The number of benzene rings is 1. The van der Waals surface area contributed by atoms with Crippen LogP contribution in [0.4, 0.5) is 4.39 Å². The lowest BCUT2D eigenvalue weighted by atomic mass is 10.2. The predicted molar refractivity (Wildman–Crippen MR) is 71.2 cm³/mol. The molecular weight excluding hydrogens is 245 g/mol. The summed E-state index contributed by atoms with van der Waals surface area (Å²) >= 11 is 0. The fourth-order valence-electron chi connectivity index (χ4n) is 1.90. The number of hydrogen-bond acceptors (Lipinski definition) is 2. The smallest absolute Gasteiger partial charge is 0.241 e. The van der Waals surface area contributed by atoms with Gasteiger partial charge in [0.15, 0.2) is 0 Å². The van der Waals surface area contributed by atoms with E-state index in [9.17, 15) is 9.18 Å². The third-order valence-corrected chi connectivity index (χ3v) is 2.83. The van der Waals surface area contributed by atoms with Gasteiger partial charge in [-0.2, -0.15) is 5.10 Å². The first-order valence-corrected chi connectivity index (χ1v) is 5.78. The number of nitrogens with two attached hydrogens (primary N) is 1. The molecule has 0 fully saturated rings. The van der Waals surface area contributed by atoms with Crippen LogP contribution in [0.1, 0.15) is 17.0 Å². The Morgan fingerprint density at radius 2 is 1.95 bits per heavy atom. The Morgan fingerprint density at radius 1 is 1.32 bits per heavy atom. The van der Waals surface area contributed by atoms with Crippen LogP contribution in [-0.4, -0.2) is 15.7 Å². The molecule has 0 unspecified atom stereocenters. The number of hydrogen-bond donors (Lipinski definition) is 1. The Morgan fingerprint density at radius 3 is 2.53 bits per heavy atom. The van der Waals surface area contributed by atoms with Crippen LogP contribution in [0.2, 0.25) is 0 Å². The van der Waals surface area contributed by atoms with Crippen molar-refractivity contribution >= 4 is 12.0 Å². The van der Waals surface area contributed by atoms with Gasteiger partial charge in [0, 0.05) is 17.3 Å². The Labute approximate surface area is 110 Å². The molecule has 98 valence electrons. The van der Waals surface area contributed by atoms with E-state index in [4.69, 9.17) is 5.73 Å². The number of aryl methyl sites for hydroxylation is 1. The third-order valence-electron chi connectivity index (χ3n) is 2.83. The molecule has 0 saturated carbocycles. The van der Waals surface area contributed by atoms with Crippen LogP contribution >= 0.6 is 0 Å². The molecule has 0 atom stereocenters. The number of halogens is 1. The van der Waals surface area contributed by atoms with E-state index in [-0.39, 0.29) is 5.82 Å². The zero-order valence-electron chi connectivity index (χ0n) is 10.7. The molecule has 2 rings (SSSR count). The van der Waals surface area contributed by atoms with Crippen LogP contribution in [0.5, 0.6) is 0 Å². The molecule has 19 heavy (non-hydrogen) atoms. The Bertz CT molecular complexity index is 641. The van der Waals surface area contributed by atoms with Crippen molar-refractivity contribution in [3.8, 4) is 5.69 Å². The quantitative estimate of drug-likeness (QED) is 0.858. The molecule has 0 aliphatic rings. The molecule has 0 radical (unpaired) electrons. The van der Waals surface area contributed by atoms with E-state index in [1.54, 1.807) is 22.9 Å². The van der Waals surface area contributed by atoms with Crippen molar-refractivity contribution in [2.45, 2.75) is 13.8 Å². The highest BCUT2D eigenvalue weighted by Gasteiger charge is 2.10. The normalized spacial score (nSPS) is 11.1. The minimum absolute atomic E-state index is 0.292. The molecule has 0 aliphatic carbocycles. The zero-order valence-corrected chi connectivity index (χ0v) is 10.7. The van der Waals surface area contributed by atoms with Crippen LogP contribution in [0.3, 0.4) is 0 Å². The van der Waals surface area contributed by atoms with Crippen LogP contribution in [0, 0.1) is 19.7 Å². The Balaban J connectivity index is 2.46. The maximum absolute atomic E-state index is 12.9. The van der Waals surface area contributed by atoms with Crippen molar-refractivity contribution in [3.63, 3.8) is 0 Å². The summed E-state index contributed by atoms with van der Waals surface area (Å²) in [6.45, 7) is 3.72. The van der Waals surface area contributed by atoms with Gasteiger partial charge >= 0.3 is 0 Å². The molecule has 0 aliphatic heterocycles. The Hall–Kier alpha value is -2.43. The molecule has 1 aromatic carbocycles. The lowest BCUT2D eigenvalue weighted by molar-refractivity contribution is -0.113. The summed E-state index contributed by atoms with van der Waals surface area (Å²) in [5, 5.41) is 4.38. The standard InChI is InChI=1S/C14H14FN3O/c1-9-13(7-8-14(16)19)10(2)18(17-9)12-5-3-11(15)4-6-12/h3-8H,1-2H3,(H2,16,19)/b8-7+. The van der Waals surface area contributed by atoms with Gasteiger partial charge in [-0.3, -0.25) is 4.79 Å². The molecule has 5 heteroatoms. The second-order valence-corrected chi connectivity index (χ2v) is 4.21. The first-order valence-electron chi connectivity index (χ1n) is 5.78. The predicted octanol–water partition coefficient (Wildman–Crippen LogP) is 2.13. The fraction of sp³-hybridized carbons (Fsp3) is 0.143. The van der Waals surface area contributed by atoms with Crippen molar-refractivity contribution in [2.24, 2.45) is 5.73 Å². The van der Waals surface area contributed by atoms with Gasteiger partial charge in [0.2, 0.25) is 5.91 Å². The maximum Gasteiger partial charge on any atom is 0.241 e. The minimum Gasteiger partial charge on any atom is -0.366 e. The molecule has 1 amide bonds. The van der Waals surface area contributed by atoms with Gasteiger partial charge in [0.1, 0.15) is 5.82 Å². The van der Waals surface area contributed by atoms with Gasteiger partial charge in [0.05, 0.1) is 11.4 Å². The number of nitrogens with zero attached hydrogens (tertiary/aromatic N) is 2. The van der Waals surface area contributed by atoms with E-state index >= 15 is 0 Å². The lowest BCUT2D eigenvalue weighted by Gasteiger charge is -2.04. The van der Waals surface area contributed by atoms with Gasteiger partial charge < -0.3 is 5.73 Å². The van der Waals surface area contributed by atoms with E-state index in [1.165, 1.54) is 18.2 Å². The van der Waals surface area contributed by atoms with Crippen molar-refractivity contribution in [1.82, 2.24) is 9.78 Å². The van der Waals surface area contributed by atoms with E-state index in [0.717, 1.165) is 22.6 Å². The summed E-state index contributed by atoms with van der Waals surface area (Å²) in [6, 6.07) is 6.06. The largest absolute Gasteiger partial charge is 0.366 e. The van der Waals surface area contributed by atoms with Crippen LogP contribution in [0.25, 0.3) is 11.8 Å². The van der Waals surface area contributed by atoms with Gasteiger partial charge in [-0.15, -0.1) is 0 Å². The molecule has 2 N–H and O–H groups in total. The number of primary amides is 1. The molecule has 4 nitrogen and oxygen atoms in total. The lowest BCUT2D eigenvalue weighted by Crippen LogP contribution is -2.05. The number of aromatic nitrogens is 2. The van der Waals surface area contributed by atoms with Crippen molar-refractivity contribution in [1.29, 1.82) is 0 Å². The SMILES string of the molecule is Cc1nn(-c2ccc(F)cc2)c(C)c1/C=C/C(N)=O. The highest BCUT2D eigenvalue weighted by atomic mass is 19.1. The molecule has 2 aromatic rings. The second-order valence-electron chi connectivity index (χ2n) is 4.21. The van der Waals surface area contributed by atoms with E-state index in [2.05, 4.69) is 5.10 Å². The van der Waals surface area contributed by atoms with Crippen LogP contribution in [-0.2, 0) is 4.79 Å². The fourth-order valence-corrected chi connectivity index (χ4v) is 1.90. The van der Waals surface area contributed by atoms with Crippen LogP contribution in [0.15, 0.2) is 30.3 Å². The number of carbonyl (C=O) groups is 1. The summed E-state index contributed by atoms with van der Waals surface area (Å²) in [7, 11) is 0. The number of rotatable bonds is 3. The van der Waals surface area contributed by atoms with Crippen molar-refractivity contribution in [2.75, 3.05) is 0 Å². The van der Waals surface area contributed by atoms with Crippen molar-refractivity contribution < 1.29 is 9.18 Å². The van der Waals surface area contributed by atoms with E-state index in [0.29, 0.717) is 0 Å². The molecule has 0 saturated heterocycles. The molecular formula is C14H14FN3O. The monoisotopic (exact) mass is 259 g/mol. The van der Waals surface area contributed by atoms with E-state index < -0.39 is 5.91 Å². The van der Waals surface area contributed by atoms with Gasteiger partial charge in [-0.25, -0.2) is 9.07 Å². The summed E-state index contributed by atoms with van der Waals surface area (Å²) in [4.78, 5) is 10.8.